The Bertz CT molecular complexity index is 913. The lowest BCUT2D eigenvalue weighted by Gasteiger charge is -2.16. The molecular weight excluding hydrogens is 392 g/mol. The second kappa shape index (κ2) is 9.33. The molecule has 0 aliphatic carbocycles. The Morgan fingerprint density at radius 1 is 1.21 bits per heavy atom. The van der Waals surface area contributed by atoms with Crippen LogP contribution in [0.4, 0.5) is 0 Å². The van der Waals surface area contributed by atoms with E-state index >= 15 is 0 Å². The van der Waals surface area contributed by atoms with E-state index in [1.54, 1.807) is 23.3 Å². The van der Waals surface area contributed by atoms with Gasteiger partial charge in [-0.25, -0.2) is 0 Å². The van der Waals surface area contributed by atoms with Crippen LogP contribution < -0.4 is 16.2 Å². The summed E-state index contributed by atoms with van der Waals surface area (Å²) in [6.45, 7) is 2.55. The van der Waals surface area contributed by atoms with Crippen molar-refractivity contribution in [1.29, 1.82) is 0 Å². The van der Waals surface area contributed by atoms with Crippen LogP contribution in [0.1, 0.15) is 23.3 Å². The number of hydrogen-bond acceptors (Lipinski definition) is 5. The number of aryl methyl sites for hydroxylation is 1. The molecule has 1 aliphatic heterocycles. The first-order chi connectivity index (χ1) is 13.9. The summed E-state index contributed by atoms with van der Waals surface area (Å²) in [6, 6.07) is 11.1. The van der Waals surface area contributed by atoms with Gasteiger partial charge in [-0.1, -0.05) is 24.3 Å². The fourth-order valence-corrected chi connectivity index (χ4v) is 3.26. The van der Waals surface area contributed by atoms with E-state index in [0.717, 1.165) is 11.1 Å². The first kappa shape index (κ1) is 20.5. The first-order valence-corrected chi connectivity index (χ1v) is 9.57. The summed E-state index contributed by atoms with van der Waals surface area (Å²) in [6.07, 6.45) is 1.83. The lowest BCUT2D eigenvalue weighted by Crippen LogP contribution is -2.50. The molecule has 29 heavy (non-hydrogen) atoms. The Labute approximate surface area is 173 Å². The average molecular weight is 414 g/mol. The highest BCUT2D eigenvalue weighted by atomic mass is 32.1. The summed E-state index contributed by atoms with van der Waals surface area (Å²) < 4.78 is 5.24. The molecule has 1 atom stereocenters. The van der Waals surface area contributed by atoms with E-state index in [2.05, 4.69) is 16.2 Å². The number of hydrogen-bond donors (Lipinski definition) is 3. The molecule has 9 heteroatoms. The average Bonchev–Trinajstić information content (AvgIpc) is 3.32. The summed E-state index contributed by atoms with van der Waals surface area (Å²) in [5, 5.41) is 2.52. The first-order valence-electron chi connectivity index (χ1n) is 9.16. The molecule has 2 aromatic rings. The Morgan fingerprint density at radius 2 is 2.00 bits per heavy atom. The van der Waals surface area contributed by atoms with Gasteiger partial charge in [-0.2, -0.15) is 0 Å². The second-order valence-electron chi connectivity index (χ2n) is 6.85. The summed E-state index contributed by atoms with van der Waals surface area (Å²) in [5.41, 5.74) is 6.89. The minimum Gasteiger partial charge on any atom is -0.467 e. The molecular formula is C20H22N4O4S. The molecule has 8 nitrogen and oxygen atoms in total. The molecule has 1 fully saturated rings. The highest BCUT2D eigenvalue weighted by Gasteiger charge is 2.34. The number of thiocarbonyl (C=S) groups is 1. The zero-order valence-corrected chi connectivity index (χ0v) is 16.8. The van der Waals surface area contributed by atoms with Crippen molar-refractivity contribution in [3.05, 3.63) is 59.5 Å². The highest BCUT2D eigenvalue weighted by molar-refractivity contribution is 7.80. The number of furan rings is 1. The van der Waals surface area contributed by atoms with E-state index in [-0.39, 0.29) is 35.7 Å². The largest absolute Gasteiger partial charge is 0.467 e. The van der Waals surface area contributed by atoms with Gasteiger partial charge in [-0.15, -0.1) is 0 Å². The Hall–Kier alpha value is -3.20. The summed E-state index contributed by atoms with van der Waals surface area (Å²) in [7, 11) is 0. The van der Waals surface area contributed by atoms with Gasteiger partial charge in [0.05, 0.1) is 25.1 Å². The maximum Gasteiger partial charge on any atom is 0.243 e. The van der Waals surface area contributed by atoms with E-state index < -0.39 is 5.92 Å². The number of carbonyl (C=O) groups is 3. The van der Waals surface area contributed by atoms with Crippen LogP contribution in [0.3, 0.4) is 0 Å². The molecule has 1 aliphatic rings. The molecule has 3 rings (SSSR count). The van der Waals surface area contributed by atoms with E-state index in [0.29, 0.717) is 18.8 Å². The number of nitrogens with zero attached hydrogens (tertiary/aromatic N) is 1. The Morgan fingerprint density at radius 3 is 2.72 bits per heavy atom. The highest BCUT2D eigenvalue weighted by Crippen LogP contribution is 2.20. The van der Waals surface area contributed by atoms with Gasteiger partial charge >= 0.3 is 0 Å². The number of likely N-dealkylation sites (tertiary alicyclic amines) is 1. The molecule has 2 heterocycles. The van der Waals surface area contributed by atoms with Crippen molar-refractivity contribution in [2.24, 2.45) is 5.92 Å². The Kier molecular flexibility index (Phi) is 6.61. The van der Waals surface area contributed by atoms with Crippen LogP contribution in [-0.2, 0) is 27.3 Å². The molecule has 0 spiro atoms. The molecule has 0 radical (unpaired) electrons. The van der Waals surface area contributed by atoms with Crippen LogP contribution in [0.25, 0.3) is 0 Å². The molecule has 1 unspecified atom stereocenters. The predicted octanol–water partition coefficient (Wildman–Crippen LogP) is 1.20. The fraction of sp³-hybridized carbons (Fsp3) is 0.300. The molecule has 1 aromatic carbocycles. The third-order valence-electron chi connectivity index (χ3n) is 4.68. The quantitative estimate of drug-likeness (QED) is 0.502. The van der Waals surface area contributed by atoms with Crippen molar-refractivity contribution < 1.29 is 18.8 Å². The molecule has 152 valence electrons. The standard InChI is InChI=1S/C20H22N4O4S/c1-13-5-2-3-6-14(13)9-17(25)21-20(29)23-22-19(27)15-10-18(26)24(11-15)12-16-7-4-8-28-16/h2-8,15H,9-12H2,1H3,(H,22,27)(H2,21,23,25,29). The van der Waals surface area contributed by atoms with Gasteiger partial charge in [0.1, 0.15) is 5.76 Å². The van der Waals surface area contributed by atoms with E-state index in [1.807, 2.05) is 31.2 Å². The van der Waals surface area contributed by atoms with Crippen LogP contribution >= 0.6 is 12.2 Å². The maximum atomic E-state index is 12.3. The SMILES string of the molecule is Cc1ccccc1CC(=O)NC(=S)NNC(=O)C1CC(=O)N(Cc2ccco2)C1. The van der Waals surface area contributed by atoms with Crippen LogP contribution in [-0.4, -0.2) is 34.3 Å². The van der Waals surface area contributed by atoms with Gasteiger partial charge in [0.15, 0.2) is 5.11 Å². The van der Waals surface area contributed by atoms with Gasteiger partial charge < -0.3 is 14.6 Å². The van der Waals surface area contributed by atoms with Gasteiger partial charge in [0.2, 0.25) is 17.7 Å². The van der Waals surface area contributed by atoms with Crippen LogP contribution in [0.2, 0.25) is 0 Å². The number of nitrogens with one attached hydrogen (secondary N) is 3. The molecule has 3 amide bonds. The predicted molar refractivity (Wildman–Crippen MR) is 109 cm³/mol. The van der Waals surface area contributed by atoms with Crippen molar-refractivity contribution >= 4 is 35.1 Å². The zero-order chi connectivity index (χ0) is 20.8. The minimum atomic E-state index is -0.504. The molecule has 3 N–H and O–H groups in total. The van der Waals surface area contributed by atoms with Crippen LogP contribution in [0, 0.1) is 12.8 Å². The molecule has 0 saturated carbocycles. The lowest BCUT2D eigenvalue weighted by atomic mass is 10.1. The topological polar surface area (TPSA) is 104 Å². The fourth-order valence-electron chi connectivity index (χ4n) is 3.10. The molecule has 1 aromatic heterocycles. The van der Waals surface area contributed by atoms with Gasteiger partial charge in [0, 0.05) is 13.0 Å². The van der Waals surface area contributed by atoms with Crippen molar-refractivity contribution in [1.82, 2.24) is 21.1 Å². The van der Waals surface area contributed by atoms with Crippen LogP contribution in [0.15, 0.2) is 47.1 Å². The summed E-state index contributed by atoms with van der Waals surface area (Å²) in [5.74, 6) is -0.608. The third-order valence-corrected chi connectivity index (χ3v) is 4.88. The van der Waals surface area contributed by atoms with E-state index in [1.165, 1.54) is 0 Å². The van der Waals surface area contributed by atoms with Crippen molar-refractivity contribution in [2.75, 3.05) is 6.54 Å². The van der Waals surface area contributed by atoms with Gasteiger partial charge in [-0.05, 0) is 42.4 Å². The van der Waals surface area contributed by atoms with Gasteiger partial charge in [-0.3, -0.25) is 25.2 Å². The monoisotopic (exact) mass is 414 g/mol. The number of benzene rings is 1. The number of amides is 3. The lowest BCUT2D eigenvalue weighted by molar-refractivity contribution is -0.129. The van der Waals surface area contributed by atoms with Crippen molar-refractivity contribution in [2.45, 2.75) is 26.3 Å². The third kappa shape index (κ3) is 5.64. The summed E-state index contributed by atoms with van der Waals surface area (Å²) >= 11 is 5.05. The smallest absolute Gasteiger partial charge is 0.243 e. The minimum absolute atomic E-state index is 0.00583. The van der Waals surface area contributed by atoms with Crippen LogP contribution in [0.5, 0.6) is 0 Å². The Balaban J connectivity index is 1.42. The normalized spacial score (nSPS) is 15.8. The van der Waals surface area contributed by atoms with Gasteiger partial charge in [0.25, 0.3) is 0 Å². The zero-order valence-electron chi connectivity index (χ0n) is 15.9. The molecule has 1 saturated heterocycles. The van der Waals surface area contributed by atoms with Crippen molar-refractivity contribution in [3.63, 3.8) is 0 Å². The van der Waals surface area contributed by atoms with E-state index in [4.69, 9.17) is 16.6 Å². The van der Waals surface area contributed by atoms with Crippen molar-refractivity contribution in [3.8, 4) is 0 Å². The summed E-state index contributed by atoms with van der Waals surface area (Å²) in [4.78, 5) is 38.1. The number of carbonyl (C=O) groups excluding carboxylic acids is 3. The number of rotatable bonds is 5. The molecule has 0 bridgehead atoms. The number of hydrazine groups is 1. The van der Waals surface area contributed by atoms with E-state index in [9.17, 15) is 14.4 Å². The second-order valence-corrected chi connectivity index (χ2v) is 7.26. The maximum absolute atomic E-state index is 12.3.